The Kier molecular flexibility index (Phi) is 9.83. The van der Waals surface area contributed by atoms with Gasteiger partial charge in [0, 0.05) is 45.6 Å². The standard InChI is InChI=1S/C21H37N7O2.HI/c1-5-22-19(24-16-14-27(15-16)20(29)30-21(2,3)4)23-12-9-11-18-26-25-17-10-7-6-8-13-28(17)18;/h16H,5-15H2,1-4H3,(H2,22,23,24);1H. The number of carbonyl (C=O) groups is 1. The normalized spacial score (nSPS) is 17.2. The second-order valence-electron chi connectivity index (χ2n) is 9.09. The molecule has 1 aromatic rings. The number of nitrogens with one attached hydrogen (secondary N) is 2. The third-order valence-corrected chi connectivity index (χ3v) is 5.23. The summed E-state index contributed by atoms with van der Waals surface area (Å²) in [5, 5.41) is 15.5. The molecule has 0 saturated carbocycles. The molecule has 2 aliphatic heterocycles. The lowest BCUT2D eigenvalue weighted by Gasteiger charge is -2.40. The first-order valence-electron chi connectivity index (χ1n) is 11.3. The van der Waals surface area contributed by atoms with E-state index in [0.29, 0.717) is 13.1 Å². The van der Waals surface area contributed by atoms with Crippen molar-refractivity contribution in [1.29, 1.82) is 0 Å². The van der Waals surface area contributed by atoms with Crippen LogP contribution in [0.25, 0.3) is 0 Å². The van der Waals surface area contributed by atoms with Crippen LogP contribution in [0.2, 0.25) is 0 Å². The molecule has 3 heterocycles. The van der Waals surface area contributed by atoms with Gasteiger partial charge in [-0.05, 0) is 47.0 Å². The van der Waals surface area contributed by atoms with Crippen molar-refractivity contribution in [3.8, 4) is 0 Å². The molecular formula is C21H38IN7O2. The van der Waals surface area contributed by atoms with Gasteiger partial charge >= 0.3 is 6.09 Å². The van der Waals surface area contributed by atoms with E-state index >= 15 is 0 Å². The lowest BCUT2D eigenvalue weighted by molar-refractivity contribution is 0.00701. The lowest BCUT2D eigenvalue weighted by Crippen LogP contribution is -2.63. The number of rotatable bonds is 6. The maximum absolute atomic E-state index is 12.1. The number of ether oxygens (including phenoxy) is 1. The maximum Gasteiger partial charge on any atom is 0.410 e. The summed E-state index contributed by atoms with van der Waals surface area (Å²) in [6.07, 6.45) is 6.32. The molecule has 2 N–H and O–H groups in total. The van der Waals surface area contributed by atoms with Gasteiger partial charge in [-0.1, -0.05) is 6.42 Å². The summed E-state index contributed by atoms with van der Waals surface area (Å²) < 4.78 is 7.71. The summed E-state index contributed by atoms with van der Waals surface area (Å²) in [5.74, 6) is 3.03. The first-order chi connectivity index (χ1) is 14.4. The third-order valence-electron chi connectivity index (χ3n) is 5.23. The molecule has 176 valence electrons. The summed E-state index contributed by atoms with van der Waals surface area (Å²) in [4.78, 5) is 18.5. The molecule has 0 aromatic carbocycles. The fourth-order valence-electron chi connectivity index (χ4n) is 3.72. The van der Waals surface area contributed by atoms with Crippen molar-refractivity contribution in [3.05, 3.63) is 11.6 Å². The Hall–Kier alpha value is -1.59. The highest BCUT2D eigenvalue weighted by atomic mass is 127. The van der Waals surface area contributed by atoms with Crippen LogP contribution in [0.3, 0.4) is 0 Å². The minimum atomic E-state index is -0.464. The Morgan fingerprint density at radius 1 is 1.23 bits per heavy atom. The number of guanidine groups is 1. The third kappa shape index (κ3) is 7.80. The van der Waals surface area contributed by atoms with E-state index in [1.165, 1.54) is 19.3 Å². The van der Waals surface area contributed by atoms with Gasteiger partial charge in [0.15, 0.2) is 5.96 Å². The van der Waals surface area contributed by atoms with Gasteiger partial charge in [0.1, 0.15) is 17.2 Å². The fraction of sp³-hybridized carbons (Fsp3) is 0.810. The molecule has 0 atom stereocenters. The monoisotopic (exact) mass is 547 g/mol. The molecule has 0 aliphatic carbocycles. The van der Waals surface area contributed by atoms with Gasteiger partial charge in [-0.3, -0.25) is 4.99 Å². The Morgan fingerprint density at radius 3 is 2.71 bits per heavy atom. The number of nitrogens with zero attached hydrogens (tertiary/aromatic N) is 5. The molecule has 0 bridgehead atoms. The molecule has 1 saturated heterocycles. The minimum absolute atomic E-state index is 0. The van der Waals surface area contributed by atoms with Gasteiger partial charge in [0.2, 0.25) is 0 Å². The number of halogens is 1. The highest BCUT2D eigenvalue weighted by molar-refractivity contribution is 14.0. The van der Waals surface area contributed by atoms with Gasteiger partial charge in [0.25, 0.3) is 0 Å². The van der Waals surface area contributed by atoms with E-state index in [0.717, 1.165) is 56.5 Å². The molecule has 1 amide bonds. The van der Waals surface area contributed by atoms with Crippen LogP contribution >= 0.6 is 24.0 Å². The molecular weight excluding hydrogens is 509 g/mol. The lowest BCUT2D eigenvalue weighted by atomic mass is 10.1. The van der Waals surface area contributed by atoms with Crippen molar-refractivity contribution >= 4 is 36.0 Å². The number of likely N-dealkylation sites (tertiary alicyclic amines) is 1. The van der Waals surface area contributed by atoms with Gasteiger partial charge in [-0.25, -0.2) is 4.79 Å². The molecule has 0 radical (unpaired) electrons. The molecule has 31 heavy (non-hydrogen) atoms. The van der Waals surface area contributed by atoms with E-state index in [4.69, 9.17) is 9.73 Å². The average Bonchev–Trinajstić information content (AvgIpc) is 2.86. The molecule has 1 aromatic heterocycles. The van der Waals surface area contributed by atoms with E-state index in [-0.39, 0.29) is 36.1 Å². The maximum atomic E-state index is 12.1. The predicted molar refractivity (Wildman–Crippen MR) is 132 cm³/mol. The second kappa shape index (κ2) is 11.9. The van der Waals surface area contributed by atoms with Gasteiger partial charge in [-0.2, -0.15) is 0 Å². The summed E-state index contributed by atoms with van der Waals surface area (Å²) in [5.41, 5.74) is -0.464. The van der Waals surface area contributed by atoms with E-state index < -0.39 is 5.60 Å². The summed E-state index contributed by atoms with van der Waals surface area (Å²) in [6, 6.07) is 0.197. The van der Waals surface area contributed by atoms with Crippen molar-refractivity contribution in [2.45, 2.75) is 84.4 Å². The van der Waals surface area contributed by atoms with Crippen molar-refractivity contribution in [2.24, 2.45) is 4.99 Å². The van der Waals surface area contributed by atoms with Crippen molar-refractivity contribution in [2.75, 3.05) is 26.2 Å². The molecule has 0 unspecified atom stereocenters. The van der Waals surface area contributed by atoms with Crippen LogP contribution in [0.4, 0.5) is 4.79 Å². The zero-order chi connectivity index (χ0) is 21.6. The molecule has 1 fully saturated rings. The van der Waals surface area contributed by atoms with Gasteiger partial charge in [-0.15, -0.1) is 34.2 Å². The van der Waals surface area contributed by atoms with E-state index in [9.17, 15) is 4.79 Å². The SMILES string of the molecule is CCNC(=NCCCc1nnc2n1CCCCC2)NC1CN(C(=O)OC(C)(C)C)C1.I. The van der Waals surface area contributed by atoms with Crippen LogP contribution in [0, 0.1) is 0 Å². The Balaban J connectivity index is 0.00000341. The Labute approximate surface area is 202 Å². The quantitative estimate of drug-likeness (QED) is 0.246. The predicted octanol–water partition coefficient (Wildman–Crippen LogP) is 2.73. The van der Waals surface area contributed by atoms with Crippen LogP contribution in [0.1, 0.15) is 65.0 Å². The number of fused-ring (bicyclic) bond motifs is 1. The van der Waals surface area contributed by atoms with Crippen LogP contribution in [-0.2, 0) is 24.1 Å². The number of carbonyl (C=O) groups excluding carboxylic acids is 1. The molecule has 0 spiro atoms. The van der Waals surface area contributed by atoms with Crippen LogP contribution in [0.5, 0.6) is 0 Å². The topological polar surface area (TPSA) is 96.7 Å². The number of amides is 1. The minimum Gasteiger partial charge on any atom is -0.444 e. The average molecular weight is 547 g/mol. The zero-order valence-electron chi connectivity index (χ0n) is 19.3. The van der Waals surface area contributed by atoms with Crippen LogP contribution < -0.4 is 10.6 Å². The molecule has 3 rings (SSSR count). The Morgan fingerprint density at radius 2 is 2.00 bits per heavy atom. The largest absolute Gasteiger partial charge is 0.444 e. The van der Waals surface area contributed by atoms with E-state index in [1.54, 1.807) is 4.90 Å². The smallest absolute Gasteiger partial charge is 0.410 e. The Bertz CT molecular complexity index is 739. The second-order valence-corrected chi connectivity index (χ2v) is 9.09. The van der Waals surface area contributed by atoms with Crippen molar-refractivity contribution in [1.82, 2.24) is 30.3 Å². The number of hydrogen-bond donors (Lipinski definition) is 2. The number of hydrogen-bond acceptors (Lipinski definition) is 5. The number of aromatic nitrogens is 3. The highest BCUT2D eigenvalue weighted by Gasteiger charge is 2.34. The summed E-state index contributed by atoms with van der Waals surface area (Å²) in [6.45, 7) is 11.5. The first-order valence-corrected chi connectivity index (χ1v) is 11.3. The molecule has 2 aliphatic rings. The van der Waals surface area contributed by atoms with Gasteiger partial charge < -0.3 is 24.8 Å². The van der Waals surface area contributed by atoms with E-state index in [1.807, 2.05) is 20.8 Å². The number of aliphatic imine (C=N–C) groups is 1. The van der Waals surface area contributed by atoms with E-state index in [2.05, 4.69) is 32.3 Å². The summed E-state index contributed by atoms with van der Waals surface area (Å²) >= 11 is 0. The van der Waals surface area contributed by atoms with Gasteiger partial charge in [0.05, 0.1) is 6.04 Å². The first kappa shape index (κ1) is 25.7. The van der Waals surface area contributed by atoms with Crippen LogP contribution in [0.15, 0.2) is 4.99 Å². The van der Waals surface area contributed by atoms with Crippen molar-refractivity contribution in [3.63, 3.8) is 0 Å². The fourth-order valence-corrected chi connectivity index (χ4v) is 3.72. The highest BCUT2D eigenvalue weighted by Crippen LogP contribution is 2.16. The number of aryl methyl sites for hydroxylation is 2. The van der Waals surface area contributed by atoms with Crippen molar-refractivity contribution < 1.29 is 9.53 Å². The molecule has 9 nitrogen and oxygen atoms in total. The zero-order valence-corrected chi connectivity index (χ0v) is 21.6. The molecule has 10 heteroatoms. The summed E-state index contributed by atoms with van der Waals surface area (Å²) in [7, 11) is 0. The van der Waals surface area contributed by atoms with Crippen LogP contribution in [-0.4, -0.2) is 69.5 Å².